The van der Waals surface area contributed by atoms with E-state index in [9.17, 15) is 18.0 Å². The van der Waals surface area contributed by atoms with Crippen LogP contribution in [0.4, 0.5) is 18.9 Å². The van der Waals surface area contributed by atoms with Gasteiger partial charge in [-0.25, -0.2) is 0 Å². The average Bonchev–Trinajstić information content (AvgIpc) is 2.09. The number of hydrogen-bond acceptors (Lipinski definition) is 3. The average molecular weight is 222 g/mol. The van der Waals surface area contributed by atoms with Gasteiger partial charge in [0.05, 0.1) is 6.61 Å². The maximum Gasteiger partial charge on any atom is 0.522 e. The molecule has 0 amide bonds. The Hall–Kier alpha value is -1.50. The van der Waals surface area contributed by atoms with Crippen LogP contribution in [0.2, 0.25) is 0 Å². The molecule has 0 saturated carbocycles. The minimum Gasteiger partial charge on any atom is -0.398 e. The van der Waals surface area contributed by atoms with Gasteiger partial charge in [0.15, 0.2) is 0 Å². The van der Waals surface area contributed by atoms with E-state index in [1.54, 1.807) is 0 Å². The van der Waals surface area contributed by atoms with Gasteiger partial charge < -0.3 is 10.3 Å². The predicted octanol–water partition coefficient (Wildman–Crippen LogP) is 0.967. The molecule has 0 atom stereocenters. The Labute approximate surface area is 83.1 Å². The van der Waals surface area contributed by atoms with Crippen molar-refractivity contribution in [2.45, 2.75) is 12.9 Å². The Kier molecular flexibility index (Phi) is 3.35. The SMILES string of the molecule is Nc1ccc(=O)n(CCOC(F)(F)F)c1. The standard InChI is InChI=1S/C8H9F3N2O2/c9-8(10,11)15-4-3-13-5-6(12)1-2-7(13)14/h1-2,5H,3-4,12H2. The molecule has 1 rings (SSSR count). The topological polar surface area (TPSA) is 57.2 Å². The monoisotopic (exact) mass is 222 g/mol. The number of hydrogen-bond donors (Lipinski definition) is 1. The number of rotatable bonds is 3. The summed E-state index contributed by atoms with van der Waals surface area (Å²) in [4.78, 5) is 11.1. The highest BCUT2D eigenvalue weighted by molar-refractivity contribution is 5.33. The van der Waals surface area contributed by atoms with Crippen molar-refractivity contribution in [1.82, 2.24) is 4.57 Å². The van der Waals surface area contributed by atoms with Gasteiger partial charge in [0, 0.05) is 24.5 Å². The molecule has 4 nitrogen and oxygen atoms in total. The molecule has 0 saturated heterocycles. The van der Waals surface area contributed by atoms with E-state index in [0.717, 1.165) is 4.57 Å². The van der Waals surface area contributed by atoms with Gasteiger partial charge in [-0.05, 0) is 6.07 Å². The third-order valence-electron chi connectivity index (χ3n) is 1.60. The van der Waals surface area contributed by atoms with Crippen LogP contribution >= 0.6 is 0 Å². The first-order valence-corrected chi connectivity index (χ1v) is 4.05. The predicted molar refractivity (Wildman–Crippen MR) is 47.1 cm³/mol. The Balaban J connectivity index is 2.58. The molecule has 0 aromatic carbocycles. The number of nitrogens with zero attached hydrogens (tertiary/aromatic N) is 1. The summed E-state index contributed by atoms with van der Waals surface area (Å²) in [6.07, 6.45) is -3.41. The molecule has 0 bridgehead atoms. The van der Waals surface area contributed by atoms with Crippen LogP contribution in [-0.4, -0.2) is 17.5 Å². The largest absolute Gasteiger partial charge is 0.522 e. The van der Waals surface area contributed by atoms with Crippen LogP contribution in [0.15, 0.2) is 23.1 Å². The summed E-state index contributed by atoms with van der Waals surface area (Å²) in [6.45, 7) is -0.809. The van der Waals surface area contributed by atoms with Crippen LogP contribution in [0.25, 0.3) is 0 Å². The minimum atomic E-state index is -4.68. The number of alkyl halides is 3. The lowest BCUT2D eigenvalue weighted by molar-refractivity contribution is -0.325. The van der Waals surface area contributed by atoms with Gasteiger partial charge in [0.1, 0.15) is 0 Å². The Morgan fingerprint density at radius 2 is 2.07 bits per heavy atom. The number of nitrogens with two attached hydrogens (primary N) is 1. The fourth-order valence-corrected chi connectivity index (χ4v) is 0.984. The summed E-state index contributed by atoms with van der Waals surface area (Å²) in [5.74, 6) is 0. The first kappa shape index (κ1) is 11.6. The molecule has 1 heterocycles. The lowest BCUT2D eigenvalue weighted by Crippen LogP contribution is -2.24. The van der Waals surface area contributed by atoms with Gasteiger partial charge >= 0.3 is 6.36 Å². The van der Waals surface area contributed by atoms with Crippen molar-refractivity contribution < 1.29 is 17.9 Å². The zero-order valence-corrected chi connectivity index (χ0v) is 7.62. The van der Waals surface area contributed by atoms with E-state index < -0.39 is 18.5 Å². The van der Waals surface area contributed by atoms with Crippen LogP contribution in [0, 0.1) is 0 Å². The molecule has 1 aromatic rings. The summed E-state index contributed by atoms with van der Waals surface area (Å²) >= 11 is 0. The number of pyridine rings is 1. The first-order chi connectivity index (χ1) is 6.88. The van der Waals surface area contributed by atoms with Crippen LogP contribution in [-0.2, 0) is 11.3 Å². The van der Waals surface area contributed by atoms with Gasteiger partial charge in [-0.1, -0.05) is 0 Å². The molecule has 84 valence electrons. The number of halogens is 3. The molecule has 0 fully saturated rings. The van der Waals surface area contributed by atoms with E-state index in [0.29, 0.717) is 5.69 Å². The molecule has 1 aromatic heterocycles. The highest BCUT2D eigenvalue weighted by Crippen LogP contribution is 2.15. The van der Waals surface area contributed by atoms with Crippen LogP contribution in [0.5, 0.6) is 0 Å². The van der Waals surface area contributed by atoms with Gasteiger partial charge in [-0.3, -0.25) is 9.53 Å². The molecule has 0 unspecified atom stereocenters. The van der Waals surface area contributed by atoms with Crippen molar-refractivity contribution in [1.29, 1.82) is 0 Å². The van der Waals surface area contributed by atoms with Crippen molar-refractivity contribution in [3.63, 3.8) is 0 Å². The maximum absolute atomic E-state index is 11.6. The Morgan fingerprint density at radius 3 is 2.67 bits per heavy atom. The maximum atomic E-state index is 11.6. The number of anilines is 1. The lowest BCUT2D eigenvalue weighted by atomic mass is 10.4. The van der Waals surface area contributed by atoms with E-state index in [-0.39, 0.29) is 6.54 Å². The first-order valence-electron chi connectivity index (χ1n) is 4.05. The van der Waals surface area contributed by atoms with Crippen molar-refractivity contribution in [2.24, 2.45) is 0 Å². The zero-order valence-electron chi connectivity index (χ0n) is 7.62. The van der Waals surface area contributed by atoms with Crippen LogP contribution in [0.1, 0.15) is 0 Å². The highest BCUT2D eigenvalue weighted by atomic mass is 19.4. The summed E-state index contributed by atoms with van der Waals surface area (Å²) in [7, 11) is 0. The van der Waals surface area contributed by atoms with E-state index in [1.165, 1.54) is 18.3 Å². The van der Waals surface area contributed by atoms with Crippen molar-refractivity contribution in [3.05, 3.63) is 28.7 Å². The van der Waals surface area contributed by atoms with E-state index in [2.05, 4.69) is 4.74 Å². The molecular formula is C8H9F3N2O2. The number of nitrogen functional groups attached to an aromatic ring is 1. The van der Waals surface area contributed by atoms with E-state index in [1.807, 2.05) is 0 Å². The summed E-state index contributed by atoms with van der Waals surface area (Å²) in [5.41, 5.74) is 5.25. The minimum absolute atomic E-state index is 0.191. The van der Waals surface area contributed by atoms with E-state index in [4.69, 9.17) is 5.73 Å². The molecule has 0 aliphatic rings. The number of aromatic nitrogens is 1. The Bertz CT molecular complexity index is 386. The molecule has 0 spiro atoms. The fraction of sp³-hybridized carbons (Fsp3) is 0.375. The second-order valence-electron chi connectivity index (χ2n) is 2.79. The van der Waals surface area contributed by atoms with E-state index >= 15 is 0 Å². The quantitative estimate of drug-likeness (QED) is 0.828. The lowest BCUT2D eigenvalue weighted by Gasteiger charge is -2.09. The second-order valence-corrected chi connectivity index (χ2v) is 2.79. The fourth-order valence-electron chi connectivity index (χ4n) is 0.984. The third kappa shape index (κ3) is 4.03. The van der Waals surface area contributed by atoms with Crippen molar-refractivity contribution in [3.8, 4) is 0 Å². The number of ether oxygens (including phenoxy) is 1. The molecular weight excluding hydrogens is 213 g/mol. The van der Waals surface area contributed by atoms with Crippen LogP contribution < -0.4 is 11.3 Å². The van der Waals surface area contributed by atoms with Gasteiger partial charge in [-0.15, -0.1) is 13.2 Å². The third-order valence-corrected chi connectivity index (χ3v) is 1.60. The van der Waals surface area contributed by atoms with Crippen LogP contribution in [0.3, 0.4) is 0 Å². The van der Waals surface area contributed by atoms with Gasteiger partial charge in [-0.2, -0.15) is 0 Å². The Morgan fingerprint density at radius 1 is 1.40 bits per heavy atom. The molecule has 2 N–H and O–H groups in total. The highest BCUT2D eigenvalue weighted by Gasteiger charge is 2.28. The summed E-state index contributed by atoms with van der Waals surface area (Å²) < 4.78 is 39.4. The molecule has 15 heavy (non-hydrogen) atoms. The molecule has 0 radical (unpaired) electrons. The van der Waals surface area contributed by atoms with Gasteiger partial charge in [0.2, 0.25) is 0 Å². The van der Waals surface area contributed by atoms with Crippen molar-refractivity contribution >= 4 is 5.69 Å². The second kappa shape index (κ2) is 4.35. The zero-order chi connectivity index (χ0) is 11.5. The van der Waals surface area contributed by atoms with Crippen molar-refractivity contribution in [2.75, 3.05) is 12.3 Å². The molecule has 0 aliphatic heterocycles. The van der Waals surface area contributed by atoms with Gasteiger partial charge in [0.25, 0.3) is 5.56 Å². The smallest absolute Gasteiger partial charge is 0.398 e. The summed E-state index contributed by atoms with van der Waals surface area (Å²) in [5, 5.41) is 0. The molecule has 7 heteroatoms. The normalized spacial score (nSPS) is 11.7. The molecule has 0 aliphatic carbocycles. The summed E-state index contributed by atoms with van der Waals surface area (Å²) in [6, 6.07) is 2.56.